The van der Waals surface area contributed by atoms with Gasteiger partial charge in [0, 0.05) is 18.6 Å². The van der Waals surface area contributed by atoms with Gasteiger partial charge in [0.25, 0.3) is 0 Å². The maximum Gasteiger partial charge on any atom is 0.305 e. The standard InChI is InChI=1S/C13H17NO5/c1-8(15)14-11(7-13(16)17)10-5-4-9(18-2)6-12(10)19-3/h4-6,11H,7H2,1-3H3,(H,14,15)(H,16,17)/t11-/m0/s1. The Morgan fingerprint density at radius 3 is 2.47 bits per heavy atom. The quantitative estimate of drug-likeness (QED) is 0.812. The van der Waals surface area contributed by atoms with Gasteiger partial charge in [-0.1, -0.05) is 0 Å². The van der Waals surface area contributed by atoms with Crippen molar-refractivity contribution in [2.45, 2.75) is 19.4 Å². The van der Waals surface area contributed by atoms with Crippen LogP contribution in [0.4, 0.5) is 0 Å². The van der Waals surface area contributed by atoms with E-state index in [2.05, 4.69) is 5.32 Å². The van der Waals surface area contributed by atoms with Crippen LogP contribution >= 0.6 is 0 Å². The summed E-state index contributed by atoms with van der Waals surface area (Å²) in [5.74, 6) is -0.238. The number of rotatable bonds is 6. The fourth-order valence-corrected chi connectivity index (χ4v) is 1.77. The van der Waals surface area contributed by atoms with Crippen LogP contribution in [0, 0.1) is 0 Å². The molecule has 1 atom stereocenters. The fraction of sp³-hybridized carbons (Fsp3) is 0.385. The second-order valence-corrected chi connectivity index (χ2v) is 3.96. The number of carbonyl (C=O) groups is 2. The van der Waals surface area contributed by atoms with Gasteiger partial charge < -0.3 is 19.9 Å². The SMILES string of the molecule is COc1ccc([C@H](CC(=O)O)NC(C)=O)c(OC)c1. The predicted octanol–water partition coefficient (Wildman–Crippen LogP) is 1.36. The summed E-state index contributed by atoms with van der Waals surface area (Å²) in [6, 6.07) is 4.37. The normalized spacial score (nSPS) is 11.5. The van der Waals surface area contributed by atoms with Gasteiger partial charge in [-0.25, -0.2) is 0 Å². The van der Waals surface area contributed by atoms with E-state index in [1.54, 1.807) is 18.2 Å². The van der Waals surface area contributed by atoms with Gasteiger partial charge in [-0.3, -0.25) is 9.59 Å². The van der Waals surface area contributed by atoms with E-state index in [0.29, 0.717) is 17.1 Å². The fourth-order valence-electron chi connectivity index (χ4n) is 1.77. The van der Waals surface area contributed by atoms with E-state index in [1.165, 1.54) is 21.1 Å². The summed E-state index contributed by atoms with van der Waals surface area (Å²) < 4.78 is 10.3. The molecule has 6 heteroatoms. The van der Waals surface area contributed by atoms with E-state index < -0.39 is 12.0 Å². The summed E-state index contributed by atoms with van der Waals surface area (Å²) >= 11 is 0. The Morgan fingerprint density at radius 2 is 2.00 bits per heavy atom. The zero-order valence-corrected chi connectivity index (χ0v) is 11.1. The Bertz CT molecular complexity index is 456. The Kier molecular flexibility index (Phi) is 5.17. The van der Waals surface area contributed by atoms with Crippen LogP contribution in [0.15, 0.2) is 18.2 Å². The van der Waals surface area contributed by atoms with Crippen LogP contribution in [-0.2, 0) is 9.59 Å². The molecule has 0 radical (unpaired) electrons. The Labute approximate surface area is 111 Å². The molecule has 0 unspecified atom stereocenters. The largest absolute Gasteiger partial charge is 0.497 e. The Hall–Kier alpha value is -2.24. The van der Waals surface area contributed by atoms with Crippen molar-refractivity contribution in [3.63, 3.8) is 0 Å². The molecule has 19 heavy (non-hydrogen) atoms. The first-order valence-corrected chi connectivity index (χ1v) is 5.68. The third-order valence-corrected chi connectivity index (χ3v) is 2.57. The third kappa shape index (κ3) is 4.17. The van der Waals surface area contributed by atoms with E-state index >= 15 is 0 Å². The highest BCUT2D eigenvalue weighted by Gasteiger charge is 2.20. The van der Waals surface area contributed by atoms with E-state index in [9.17, 15) is 9.59 Å². The summed E-state index contributed by atoms with van der Waals surface area (Å²) in [4.78, 5) is 22.0. The average Bonchev–Trinajstić information content (AvgIpc) is 2.36. The van der Waals surface area contributed by atoms with Crippen LogP contribution in [0.5, 0.6) is 11.5 Å². The molecule has 1 aromatic carbocycles. The van der Waals surface area contributed by atoms with Crippen LogP contribution in [0.2, 0.25) is 0 Å². The highest BCUT2D eigenvalue weighted by molar-refractivity contribution is 5.75. The number of nitrogens with one attached hydrogen (secondary N) is 1. The van der Waals surface area contributed by atoms with Gasteiger partial charge >= 0.3 is 5.97 Å². The van der Waals surface area contributed by atoms with Crippen molar-refractivity contribution in [1.82, 2.24) is 5.32 Å². The molecule has 1 aromatic rings. The van der Waals surface area contributed by atoms with Gasteiger partial charge in [0.15, 0.2) is 0 Å². The summed E-state index contributed by atoms with van der Waals surface area (Å²) in [5, 5.41) is 11.5. The van der Waals surface area contributed by atoms with E-state index in [0.717, 1.165) is 0 Å². The number of hydrogen-bond donors (Lipinski definition) is 2. The van der Waals surface area contributed by atoms with Gasteiger partial charge in [0.2, 0.25) is 5.91 Å². The molecule has 2 N–H and O–H groups in total. The number of amides is 1. The molecule has 0 spiro atoms. The second-order valence-electron chi connectivity index (χ2n) is 3.96. The van der Waals surface area contributed by atoms with Crippen molar-refractivity contribution < 1.29 is 24.2 Å². The van der Waals surface area contributed by atoms with Crippen LogP contribution in [0.3, 0.4) is 0 Å². The van der Waals surface area contributed by atoms with Gasteiger partial charge in [-0.2, -0.15) is 0 Å². The number of carbonyl (C=O) groups excluding carboxylic acids is 1. The van der Waals surface area contributed by atoms with Gasteiger partial charge in [-0.05, 0) is 12.1 Å². The molecule has 1 rings (SSSR count). The monoisotopic (exact) mass is 267 g/mol. The maximum absolute atomic E-state index is 11.2. The first-order valence-electron chi connectivity index (χ1n) is 5.68. The minimum Gasteiger partial charge on any atom is -0.497 e. The van der Waals surface area contributed by atoms with Crippen molar-refractivity contribution in [2.24, 2.45) is 0 Å². The Balaban J connectivity index is 3.12. The molecule has 6 nitrogen and oxygen atoms in total. The molecule has 0 fully saturated rings. The molecule has 1 amide bonds. The van der Waals surface area contributed by atoms with Crippen LogP contribution < -0.4 is 14.8 Å². The van der Waals surface area contributed by atoms with Crippen LogP contribution in [0.25, 0.3) is 0 Å². The average molecular weight is 267 g/mol. The lowest BCUT2D eigenvalue weighted by atomic mass is 10.0. The van der Waals surface area contributed by atoms with Gasteiger partial charge in [0.1, 0.15) is 11.5 Å². The first-order chi connectivity index (χ1) is 8.97. The molecule has 0 bridgehead atoms. The van der Waals surface area contributed by atoms with Crippen molar-refractivity contribution in [3.8, 4) is 11.5 Å². The molecule has 0 aliphatic rings. The lowest BCUT2D eigenvalue weighted by molar-refractivity contribution is -0.137. The van der Waals surface area contributed by atoms with Gasteiger partial charge in [0.05, 0.1) is 26.7 Å². The van der Waals surface area contributed by atoms with Crippen LogP contribution in [-0.4, -0.2) is 31.2 Å². The van der Waals surface area contributed by atoms with Crippen molar-refractivity contribution in [2.75, 3.05) is 14.2 Å². The number of carboxylic acid groups (broad SMARTS) is 1. The maximum atomic E-state index is 11.2. The summed E-state index contributed by atoms with van der Waals surface area (Å²) in [7, 11) is 3.00. The topological polar surface area (TPSA) is 84.9 Å². The van der Waals surface area contributed by atoms with E-state index in [4.69, 9.17) is 14.6 Å². The number of ether oxygens (including phenoxy) is 2. The molecule has 0 heterocycles. The summed E-state index contributed by atoms with van der Waals surface area (Å²) in [6.45, 7) is 1.34. The number of aliphatic carboxylic acids is 1. The molecule has 0 saturated heterocycles. The molecule has 0 aliphatic heterocycles. The minimum absolute atomic E-state index is 0.220. The lowest BCUT2D eigenvalue weighted by Gasteiger charge is -2.19. The number of carboxylic acids is 1. The van der Waals surface area contributed by atoms with E-state index in [1.807, 2.05) is 0 Å². The van der Waals surface area contributed by atoms with E-state index in [-0.39, 0.29) is 12.3 Å². The highest BCUT2D eigenvalue weighted by Crippen LogP contribution is 2.31. The molecule has 0 aliphatic carbocycles. The van der Waals surface area contributed by atoms with Crippen LogP contribution in [0.1, 0.15) is 24.9 Å². The van der Waals surface area contributed by atoms with Gasteiger partial charge in [-0.15, -0.1) is 0 Å². The van der Waals surface area contributed by atoms with Crippen molar-refractivity contribution in [3.05, 3.63) is 23.8 Å². The summed E-state index contributed by atoms with van der Waals surface area (Å²) in [5.41, 5.74) is 0.598. The predicted molar refractivity (Wildman–Crippen MR) is 68.4 cm³/mol. The molecule has 0 saturated carbocycles. The Morgan fingerprint density at radius 1 is 1.32 bits per heavy atom. The lowest BCUT2D eigenvalue weighted by Crippen LogP contribution is -2.28. The first kappa shape index (κ1) is 14.8. The second kappa shape index (κ2) is 6.63. The molecule has 104 valence electrons. The number of benzene rings is 1. The zero-order valence-electron chi connectivity index (χ0n) is 11.1. The third-order valence-electron chi connectivity index (χ3n) is 2.57. The molecular formula is C13H17NO5. The number of methoxy groups -OCH3 is 2. The zero-order chi connectivity index (χ0) is 14.4. The molecule has 0 aromatic heterocycles. The van der Waals surface area contributed by atoms with Crippen molar-refractivity contribution >= 4 is 11.9 Å². The number of hydrogen-bond acceptors (Lipinski definition) is 4. The minimum atomic E-state index is -1.00. The smallest absolute Gasteiger partial charge is 0.305 e. The summed E-state index contributed by atoms with van der Waals surface area (Å²) in [6.07, 6.45) is -0.220. The van der Waals surface area contributed by atoms with Crippen molar-refractivity contribution in [1.29, 1.82) is 0 Å². The highest BCUT2D eigenvalue weighted by atomic mass is 16.5. The molecular weight excluding hydrogens is 250 g/mol.